The average molecular weight is 292 g/mol. The minimum absolute atomic E-state index is 0. The van der Waals surface area contributed by atoms with Crippen LogP contribution in [-0.2, 0) is 16.6 Å². The standard InChI is InChI=1S/C9H9N3O4S.ClH/c13-9-12-11-8(16-9)6-10-17(14,15)7-4-2-1-3-5-7;/h1-5,10H,6H2,(H,12,13);1H. The molecule has 0 aliphatic carbocycles. The number of aromatic nitrogens is 2. The molecule has 0 atom stereocenters. The van der Waals surface area contributed by atoms with Gasteiger partial charge >= 0.3 is 5.76 Å². The number of aromatic amines is 1. The number of benzene rings is 1. The highest BCUT2D eigenvalue weighted by Gasteiger charge is 2.14. The van der Waals surface area contributed by atoms with Crippen LogP contribution in [0.15, 0.2) is 44.4 Å². The Hall–Kier alpha value is -1.64. The first-order chi connectivity index (χ1) is 8.08. The predicted octanol–water partition coefficient (Wildman–Crippen LogP) is 0.263. The van der Waals surface area contributed by atoms with Gasteiger partial charge in [0.05, 0.1) is 11.4 Å². The first-order valence-electron chi connectivity index (χ1n) is 4.67. The summed E-state index contributed by atoms with van der Waals surface area (Å²) in [6, 6.07) is 7.87. The quantitative estimate of drug-likeness (QED) is 0.841. The van der Waals surface area contributed by atoms with Crippen LogP contribution in [0.4, 0.5) is 0 Å². The van der Waals surface area contributed by atoms with E-state index in [2.05, 4.69) is 14.2 Å². The van der Waals surface area contributed by atoms with E-state index in [-0.39, 0.29) is 29.7 Å². The molecule has 7 nitrogen and oxygen atoms in total. The van der Waals surface area contributed by atoms with Crippen LogP contribution in [0.1, 0.15) is 5.89 Å². The summed E-state index contributed by atoms with van der Waals surface area (Å²) >= 11 is 0. The summed E-state index contributed by atoms with van der Waals surface area (Å²) in [5, 5.41) is 5.52. The summed E-state index contributed by atoms with van der Waals surface area (Å²) in [7, 11) is -3.62. The summed E-state index contributed by atoms with van der Waals surface area (Å²) in [4.78, 5) is 10.8. The van der Waals surface area contributed by atoms with E-state index in [0.717, 1.165) is 0 Å². The Kier molecular flexibility index (Phi) is 4.65. The Bertz CT molecular complexity index is 650. The molecule has 18 heavy (non-hydrogen) atoms. The van der Waals surface area contributed by atoms with Gasteiger partial charge in [-0.3, -0.25) is 0 Å². The van der Waals surface area contributed by atoms with Gasteiger partial charge < -0.3 is 4.42 Å². The van der Waals surface area contributed by atoms with Crippen molar-refractivity contribution in [3.63, 3.8) is 0 Å². The van der Waals surface area contributed by atoms with Crippen LogP contribution in [0.2, 0.25) is 0 Å². The lowest BCUT2D eigenvalue weighted by molar-refractivity contribution is 0.455. The van der Waals surface area contributed by atoms with Gasteiger partial charge in [-0.1, -0.05) is 18.2 Å². The maximum absolute atomic E-state index is 11.7. The fourth-order valence-electron chi connectivity index (χ4n) is 1.18. The zero-order valence-electron chi connectivity index (χ0n) is 8.99. The summed E-state index contributed by atoms with van der Waals surface area (Å²) in [6.45, 7) is -0.185. The predicted molar refractivity (Wildman–Crippen MR) is 64.8 cm³/mol. The number of nitrogens with one attached hydrogen (secondary N) is 2. The molecular formula is C9H10ClN3O4S. The molecule has 0 aliphatic heterocycles. The number of rotatable bonds is 4. The molecule has 9 heteroatoms. The second-order valence-corrected chi connectivity index (χ2v) is 4.91. The second-order valence-electron chi connectivity index (χ2n) is 3.14. The van der Waals surface area contributed by atoms with E-state index in [1.54, 1.807) is 18.2 Å². The van der Waals surface area contributed by atoms with E-state index in [9.17, 15) is 13.2 Å². The first kappa shape index (κ1) is 14.4. The molecule has 0 saturated heterocycles. The zero-order chi connectivity index (χ0) is 12.3. The second kappa shape index (κ2) is 5.80. The van der Waals surface area contributed by atoms with Gasteiger partial charge in [0.1, 0.15) is 0 Å². The number of nitrogens with zero attached hydrogens (tertiary/aromatic N) is 1. The van der Waals surface area contributed by atoms with E-state index in [0.29, 0.717) is 0 Å². The van der Waals surface area contributed by atoms with Crippen molar-refractivity contribution in [3.8, 4) is 0 Å². The fraction of sp³-hybridized carbons (Fsp3) is 0.111. The Morgan fingerprint density at radius 1 is 1.28 bits per heavy atom. The van der Waals surface area contributed by atoms with Crippen LogP contribution in [0.5, 0.6) is 0 Å². The van der Waals surface area contributed by atoms with E-state index >= 15 is 0 Å². The van der Waals surface area contributed by atoms with Crippen molar-refractivity contribution < 1.29 is 12.8 Å². The summed E-state index contributed by atoms with van der Waals surface area (Å²) < 4.78 is 30.3. The lowest BCUT2D eigenvalue weighted by Gasteiger charge is -2.03. The SMILES string of the molecule is Cl.O=c1[nH]nc(CNS(=O)(=O)c2ccccc2)o1. The van der Waals surface area contributed by atoms with Crippen LogP contribution in [0, 0.1) is 0 Å². The zero-order valence-corrected chi connectivity index (χ0v) is 10.6. The van der Waals surface area contributed by atoms with E-state index < -0.39 is 15.8 Å². The molecular weight excluding hydrogens is 282 g/mol. The van der Waals surface area contributed by atoms with Crippen molar-refractivity contribution >= 4 is 22.4 Å². The molecule has 98 valence electrons. The topological polar surface area (TPSA) is 105 Å². The molecule has 2 rings (SSSR count). The van der Waals surface area contributed by atoms with Crippen LogP contribution in [-0.4, -0.2) is 18.6 Å². The van der Waals surface area contributed by atoms with E-state index in [1.165, 1.54) is 12.1 Å². The lowest BCUT2D eigenvalue weighted by Crippen LogP contribution is -2.23. The number of hydrogen-bond acceptors (Lipinski definition) is 5. The summed E-state index contributed by atoms with van der Waals surface area (Å²) in [6.07, 6.45) is 0. The van der Waals surface area contributed by atoms with Gasteiger partial charge in [-0.15, -0.1) is 17.5 Å². The van der Waals surface area contributed by atoms with Crippen molar-refractivity contribution in [3.05, 3.63) is 46.8 Å². The molecule has 0 bridgehead atoms. The van der Waals surface area contributed by atoms with Crippen LogP contribution < -0.4 is 10.5 Å². The van der Waals surface area contributed by atoms with Crippen molar-refractivity contribution in [1.82, 2.24) is 14.9 Å². The third kappa shape index (κ3) is 3.42. The molecule has 0 saturated carbocycles. The highest BCUT2D eigenvalue weighted by molar-refractivity contribution is 7.89. The van der Waals surface area contributed by atoms with Gasteiger partial charge in [0, 0.05) is 0 Å². The minimum Gasteiger partial charge on any atom is -0.391 e. The molecule has 0 spiro atoms. The molecule has 0 fully saturated rings. The monoisotopic (exact) mass is 291 g/mol. The Morgan fingerprint density at radius 2 is 1.94 bits per heavy atom. The molecule has 1 aromatic heterocycles. The van der Waals surface area contributed by atoms with Crippen molar-refractivity contribution in [2.75, 3.05) is 0 Å². The molecule has 1 aromatic carbocycles. The molecule has 1 heterocycles. The van der Waals surface area contributed by atoms with Crippen LogP contribution in [0.25, 0.3) is 0 Å². The van der Waals surface area contributed by atoms with E-state index in [1.807, 2.05) is 5.10 Å². The highest BCUT2D eigenvalue weighted by Crippen LogP contribution is 2.07. The maximum atomic E-state index is 11.7. The van der Waals surface area contributed by atoms with Crippen molar-refractivity contribution in [2.24, 2.45) is 0 Å². The highest BCUT2D eigenvalue weighted by atomic mass is 35.5. The van der Waals surface area contributed by atoms with Gasteiger partial charge in [-0.05, 0) is 12.1 Å². The van der Waals surface area contributed by atoms with Crippen LogP contribution >= 0.6 is 12.4 Å². The van der Waals surface area contributed by atoms with E-state index in [4.69, 9.17) is 0 Å². The van der Waals surface area contributed by atoms with Crippen molar-refractivity contribution in [1.29, 1.82) is 0 Å². The largest absolute Gasteiger partial charge is 0.434 e. The Labute approximate surface area is 109 Å². The number of sulfonamides is 1. The number of H-pyrrole nitrogens is 1. The van der Waals surface area contributed by atoms with Crippen molar-refractivity contribution in [2.45, 2.75) is 11.4 Å². The maximum Gasteiger partial charge on any atom is 0.434 e. The number of hydrogen-bond donors (Lipinski definition) is 2. The van der Waals surface area contributed by atoms with Gasteiger partial charge in [-0.25, -0.2) is 23.0 Å². The third-order valence-electron chi connectivity index (χ3n) is 1.95. The van der Waals surface area contributed by atoms with Gasteiger partial charge in [0.15, 0.2) is 0 Å². The van der Waals surface area contributed by atoms with Crippen LogP contribution in [0.3, 0.4) is 0 Å². The molecule has 2 aromatic rings. The van der Waals surface area contributed by atoms with Gasteiger partial charge in [0.25, 0.3) is 0 Å². The Morgan fingerprint density at radius 3 is 2.50 bits per heavy atom. The van der Waals surface area contributed by atoms with Gasteiger partial charge in [0.2, 0.25) is 15.9 Å². The lowest BCUT2D eigenvalue weighted by atomic mass is 10.4. The molecule has 0 unspecified atom stereocenters. The number of halogens is 1. The fourth-order valence-corrected chi connectivity index (χ4v) is 2.17. The minimum atomic E-state index is -3.62. The third-order valence-corrected chi connectivity index (χ3v) is 3.37. The molecule has 0 aliphatic rings. The summed E-state index contributed by atoms with van der Waals surface area (Å²) in [5.74, 6) is -0.742. The molecule has 2 N–H and O–H groups in total. The average Bonchev–Trinajstić information content (AvgIpc) is 2.74. The first-order valence-corrected chi connectivity index (χ1v) is 6.15. The summed E-state index contributed by atoms with van der Waals surface area (Å²) in [5.41, 5.74) is 0. The smallest absolute Gasteiger partial charge is 0.391 e. The Balaban J connectivity index is 0.00000162. The molecule has 0 amide bonds. The molecule has 0 radical (unpaired) electrons. The normalized spacial score (nSPS) is 10.9. The van der Waals surface area contributed by atoms with Gasteiger partial charge in [-0.2, -0.15) is 0 Å².